The van der Waals surface area contributed by atoms with Gasteiger partial charge in [-0.05, 0) is 51.2 Å². The lowest BCUT2D eigenvalue weighted by atomic mass is 10.0. The van der Waals surface area contributed by atoms with Gasteiger partial charge in [-0.25, -0.2) is 4.39 Å². The van der Waals surface area contributed by atoms with Crippen molar-refractivity contribution in [3.63, 3.8) is 0 Å². The van der Waals surface area contributed by atoms with Crippen molar-refractivity contribution in [3.8, 4) is 11.3 Å². The van der Waals surface area contributed by atoms with E-state index in [9.17, 15) is 4.39 Å². The summed E-state index contributed by atoms with van der Waals surface area (Å²) in [5.74, 6) is 0.704. The van der Waals surface area contributed by atoms with E-state index in [1.54, 1.807) is 12.1 Å². The third kappa shape index (κ3) is 3.15. The molecule has 3 aromatic rings. The van der Waals surface area contributed by atoms with E-state index in [4.69, 9.17) is 0 Å². The van der Waals surface area contributed by atoms with Crippen molar-refractivity contribution in [1.29, 1.82) is 0 Å². The molecule has 26 heavy (non-hydrogen) atoms. The molecule has 0 unspecified atom stereocenters. The standard InChI is InChI=1S/C21H23FN4/c1-25(2)17-11-13-26(14-12-17)21-19-6-4-3-5-18(19)20(23-24-21)15-7-9-16(22)10-8-15/h3-10,17H,11-14H2,1-2H3. The van der Waals surface area contributed by atoms with E-state index in [1.165, 1.54) is 12.1 Å². The Balaban J connectivity index is 1.72. The van der Waals surface area contributed by atoms with Crippen LogP contribution in [0.25, 0.3) is 22.0 Å². The molecular formula is C21H23FN4. The van der Waals surface area contributed by atoms with Gasteiger partial charge in [-0.1, -0.05) is 24.3 Å². The maximum atomic E-state index is 13.3. The van der Waals surface area contributed by atoms with Crippen LogP contribution in [0.5, 0.6) is 0 Å². The van der Waals surface area contributed by atoms with Gasteiger partial charge < -0.3 is 9.80 Å². The van der Waals surface area contributed by atoms with Crippen LogP contribution in [0.1, 0.15) is 12.8 Å². The molecule has 1 aromatic heterocycles. The van der Waals surface area contributed by atoms with Crippen molar-refractivity contribution in [2.45, 2.75) is 18.9 Å². The van der Waals surface area contributed by atoms with E-state index < -0.39 is 0 Å². The summed E-state index contributed by atoms with van der Waals surface area (Å²) in [5, 5.41) is 11.2. The Labute approximate surface area is 153 Å². The van der Waals surface area contributed by atoms with E-state index in [1.807, 2.05) is 12.1 Å². The monoisotopic (exact) mass is 350 g/mol. The minimum absolute atomic E-state index is 0.244. The lowest BCUT2D eigenvalue weighted by Crippen LogP contribution is -2.42. The Morgan fingerprint density at radius 1 is 0.923 bits per heavy atom. The van der Waals surface area contributed by atoms with Crippen molar-refractivity contribution in [1.82, 2.24) is 15.1 Å². The highest BCUT2D eigenvalue weighted by Crippen LogP contribution is 2.32. The van der Waals surface area contributed by atoms with Crippen LogP contribution in [-0.4, -0.2) is 48.3 Å². The number of anilines is 1. The molecule has 0 atom stereocenters. The second kappa shape index (κ2) is 7.00. The summed E-state index contributed by atoms with van der Waals surface area (Å²) in [5.41, 5.74) is 1.68. The van der Waals surface area contributed by atoms with E-state index >= 15 is 0 Å². The highest BCUT2D eigenvalue weighted by atomic mass is 19.1. The molecule has 2 heterocycles. The van der Waals surface area contributed by atoms with Crippen LogP contribution in [0.2, 0.25) is 0 Å². The molecule has 4 rings (SSSR count). The van der Waals surface area contributed by atoms with Crippen LogP contribution in [-0.2, 0) is 0 Å². The van der Waals surface area contributed by atoms with E-state index in [0.29, 0.717) is 6.04 Å². The van der Waals surface area contributed by atoms with Gasteiger partial charge >= 0.3 is 0 Å². The molecule has 4 nitrogen and oxygen atoms in total. The van der Waals surface area contributed by atoms with Gasteiger partial charge in [0.2, 0.25) is 0 Å². The first kappa shape index (κ1) is 16.9. The average Bonchev–Trinajstić information content (AvgIpc) is 2.68. The Bertz CT molecular complexity index is 900. The minimum atomic E-state index is -0.244. The fourth-order valence-corrected chi connectivity index (χ4v) is 3.74. The van der Waals surface area contributed by atoms with Crippen LogP contribution in [0, 0.1) is 5.82 Å². The Kier molecular flexibility index (Phi) is 4.55. The van der Waals surface area contributed by atoms with Crippen LogP contribution in [0.15, 0.2) is 48.5 Å². The van der Waals surface area contributed by atoms with Gasteiger partial charge in [-0.2, -0.15) is 0 Å². The van der Waals surface area contributed by atoms with Crippen molar-refractivity contribution >= 4 is 16.6 Å². The normalized spacial score (nSPS) is 15.8. The SMILES string of the molecule is CN(C)C1CCN(c2nnc(-c3ccc(F)cc3)c3ccccc23)CC1. The van der Waals surface area contributed by atoms with Gasteiger partial charge in [0, 0.05) is 35.5 Å². The molecule has 1 aliphatic heterocycles. The molecule has 0 aliphatic carbocycles. The van der Waals surface area contributed by atoms with Crippen molar-refractivity contribution in [2.24, 2.45) is 0 Å². The fourth-order valence-electron chi connectivity index (χ4n) is 3.74. The zero-order valence-corrected chi connectivity index (χ0v) is 15.2. The molecule has 5 heteroatoms. The van der Waals surface area contributed by atoms with Crippen molar-refractivity contribution in [2.75, 3.05) is 32.1 Å². The summed E-state index contributed by atoms with van der Waals surface area (Å²) in [6.07, 6.45) is 2.26. The number of rotatable bonds is 3. The molecule has 1 fully saturated rings. The van der Waals surface area contributed by atoms with Crippen LogP contribution in [0.4, 0.5) is 10.2 Å². The Morgan fingerprint density at radius 2 is 1.58 bits per heavy atom. The number of fused-ring (bicyclic) bond motifs is 1. The van der Waals surface area contributed by atoms with Crippen molar-refractivity contribution in [3.05, 3.63) is 54.3 Å². The largest absolute Gasteiger partial charge is 0.354 e. The molecule has 0 spiro atoms. The molecule has 0 radical (unpaired) electrons. The summed E-state index contributed by atoms with van der Waals surface area (Å²) < 4.78 is 13.3. The Morgan fingerprint density at radius 3 is 2.23 bits per heavy atom. The van der Waals surface area contributed by atoms with E-state index in [2.05, 4.69) is 46.2 Å². The third-order valence-electron chi connectivity index (χ3n) is 5.28. The zero-order valence-electron chi connectivity index (χ0n) is 15.2. The van der Waals surface area contributed by atoms with Gasteiger partial charge in [0.25, 0.3) is 0 Å². The average molecular weight is 350 g/mol. The molecule has 0 amide bonds. The number of piperidine rings is 1. The first-order valence-corrected chi connectivity index (χ1v) is 9.06. The smallest absolute Gasteiger partial charge is 0.159 e. The second-order valence-electron chi connectivity index (χ2n) is 7.11. The number of hydrogen-bond acceptors (Lipinski definition) is 4. The summed E-state index contributed by atoms with van der Waals surface area (Å²) in [6.45, 7) is 1.97. The highest BCUT2D eigenvalue weighted by molar-refractivity contribution is 6.00. The molecule has 134 valence electrons. The molecule has 1 aliphatic rings. The maximum absolute atomic E-state index is 13.3. The second-order valence-corrected chi connectivity index (χ2v) is 7.11. The first-order chi connectivity index (χ1) is 12.6. The van der Waals surface area contributed by atoms with Gasteiger partial charge in [0.1, 0.15) is 11.5 Å². The molecule has 2 aromatic carbocycles. The third-order valence-corrected chi connectivity index (χ3v) is 5.28. The highest BCUT2D eigenvalue weighted by Gasteiger charge is 2.23. The quantitative estimate of drug-likeness (QED) is 0.716. The number of nitrogens with zero attached hydrogens (tertiary/aromatic N) is 4. The number of benzene rings is 2. The van der Waals surface area contributed by atoms with Crippen LogP contribution >= 0.6 is 0 Å². The predicted molar refractivity (Wildman–Crippen MR) is 104 cm³/mol. The fraction of sp³-hybridized carbons (Fsp3) is 0.333. The predicted octanol–water partition coefficient (Wildman–Crippen LogP) is 3.97. The van der Waals surface area contributed by atoms with Gasteiger partial charge in [0.15, 0.2) is 5.82 Å². The van der Waals surface area contributed by atoms with E-state index in [-0.39, 0.29) is 5.82 Å². The lowest BCUT2D eigenvalue weighted by molar-refractivity contribution is 0.249. The van der Waals surface area contributed by atoms with Gasteiger partial charge in [-0.3, -0.25) is 0 Å². The maximum Gasteiger partial charge on any atom is 0.159 e. The topological polar surface area (TPSA) is 32.3 Å². The van der Waals surface area contributed by atoms with Crippen molar-refractivity contribution < 1.29 is 4.39 Å². The summed E-state index contributed by atoms with van der Waals surface area (Å²) >= 11 is 0. The molecule has 0 bridgehead atoms. The minimum Gasteiger partial charge on any atom is -0.354 e. The summed E-state index contributed by atoms with van der Waals surface area (Å²) in [6, 6.07) is 15.3. The number of hydrogen-bond donors (Lipinski definition) is 0. The Hall–Kier alpha value is -2.53. The van der Waals surface area contributed by atoms with Gasteiger partial charge in [-0.15, -0.1) is 10.2 Å². The summed E-state index contributed by atoms with van der Waals surface area (Å²) in [7, 11) is 4.29. The molecule has 1 saturated heterocycles. The molecule has 0 N–H and O–H groups in total. The molecular weight excluding hydrogens is 327 g/mol. The zero-order chi connectivity index (χ0) is 18.1. The van der Waals surface area contributed by atoms with Gasteiger partial charge in [0.05, 0.1) is 0 Å². The number of aromatic nitrogens is 2. The van der Waals surface area contributed by atoms with Crippen LogP contribution < -0.4 is 4.90 Å². The first-order valence-electron chi connectivity index (χ1n) is 9.06. The molecule has 0 saturated carbocycles. The summed E-state index contributed by atoms with van der Waals surface area (Å²) in [4.78, 5) is 4.64. The lowest BCUT2D eigenvalue weighted by Gasteiger charge is -2.36. The number of halogens is 1. The van der Waals surface area contributed by atoms with Crippen LogP contribution in [0.3, 0.4) is 0 Å². The van der Waals surface area contributed by atoms with E-state index in [0.717, 1.165) is 53.8 Å².